The number of carbonyl (C=O) groups excluding carboxylic acids is 1. The van der Waals surface area contributed by atoms with Gasteiger partial charge in [-0.1, -0.05) is 53.5 Å². The van der Waals surface area contributed by atoms with Crippen molar-refractivity contribution in [2.75, 3.05) is 19.6 Å². The number of hydrogen-bond donors (Lipinski definition) is 2. The predicted molar refractivity (Wildman–Crippen MR) is 96.4 cm³/mol. The van der Waals surface area contributed by atoms with Gasteiger partial charge in [-0.15, -0.1) is 0 Å². The Balaban J connectivity index is 1.58. The maximum absolute atomic E-state index is 11.9. The molecule has 2 N–H and O–H groups in total. The molecule has 0 aliphatic heterocycles. The molecule has 0 saturated carbocycles. The van der Waals surface area contributed by atoms with E-state index in [0.29, 0.717) is 22.2 Å². The van der Waals surface area contributed by atoms with E-state index in [4.69, 9.17) is 23.2 Å². The van der Waals surface area contributed by atoms with Crippen LogP contribution in [0.3, 0.4) is 0 Å². The minimum atomic E-state index is -0.132. The summed E-state index contributed by atoms with van der Waals surface area (Å²) in [5.74, 6) is -0.132. The third-order valence-electron chi connectivity index (χ3n) is 3.43. The van der Waals surface area contributed by atoms with Crippen LogP contribution >= 0.6 is 23.2 Å². The van der Waals surface area contributed by atoms with E-state index in [-0.39, 0.29) is 5.91 Å². The number of hydrogen-bond acceptors (Lipinski definition) is 2. The molecule has 0 fully saturated rings. The molecule has 0 atom stereocenters. The Kier molecular flexibility index (Phi) is 7.40. The summed E-state index contributed by atoms with van der Waals surface area (Å²) < 4.78 is 0. The lowest BCUT2D eigenvalue weighted by atomic mass is 10.1. The number of benzene rings is 2. The minimum Gasteiger partial charge on any atom is -0.352 e. The van der Waals surface area contributed by atoms with Crippen LogP contribution in [0.4, 0.5) is 0 Å². The van der Waals surface area contributed by atoms with Gasteiger partial charge in [-0.25, -0.2) is 0 Å². The van der Waals surface area contributed by atoms with Crippen LogP contribution in [0.25, 0.3) is 0 Å². The zero-order valence-electron chi connectivity index (χ0n) is 12.8. The number of nitrogens with one attached hydrogen (secondary N) is 2. The van der Waals surface area contributed by atoms with Crippen molar-refractivity contribution in [3.05, 3.63) is 69.7 Å². The van der Waals surface area contributed by atoms with E-state index >= 15 is 0 Å². The van der Waals surface area contributed by atoms with Crippen molar-refractivity contribution >= 4 is 29.1 Å². The standard InChI is InChI=1S/C18H20Cl2N2O/c19-16-8-7-15(13-17(16)20)18(23)22-11-4-10-21-12-9-14-5-2-1-3-6-14/h1-3,5-8,13,21H,4,9-12H2,(H,22,23). The third kappa shape index (κ3) is 6.22. The SMILES string of the molecule is O=C(NCCCNCCc1ccccc1)c1ccc(Cl)c(Cl)c1. The molecule has 0 unspecified atom stereocenters. The molecule has 5 heteroatoms. The Hall–Kier alpha value is -1.55. The minimum absolute atomic E-state index is 0.132. The highest BCUT2D eigenvalue weighted by Crippen LogP contribution is 2.22. The summed E-state index contributed by atoms with van der Waals surface area (Å²) in [5.41, 5.74) is 1.85. The molecule has 0 saturated heterocycles. The van der Waals surface area contributed by atoms with E-state index in [9.17, 15) is 4.79 Å². The lowest BCUT2D eigenvalue weighted by Gasteiger charge is -2.07. The molecule has 1 amide bonds. The molecule has 0 aliphatic carbocycles. The van der Waals surface area contributed by atoms with Gasteiger partial charge in [-0.05, 0) is 49.7 Å². The fourth-order valence-corrected chi connectivity index (χ4v) is 2.46. The van der Waals surface area contributed by atoms with Crippen LogP contribution < -0.4 is 10.6 Å². The van der Waals surface area contributed by atoms with Gasteiger partial charge < -0.3 is 10.6 Å². The lowest BCUT2D eigenvalue weighted by Crippen LogP contribution is -2.28. The molecule has 122 valence electrons. The van der Waals surface area contributed by atoms with Crippen molar-refractivity contribution < 1.29 is 4.79 Å². The largest absolute Gasteiger partial charge is 0.352 e. The van der Waals surface area contributed by atoms with E-state index in [0.717, 1.165) is 25.9 Å². The molecular weight excluding hydrogens is 331 g/mol. The maximum Gasteiger partial charge on any atom is 0.251 e. The fourth-order valence-electron chi connectivity index (χ4n) is 2.16. The summed E-state index contributed by atoms with van der Waals surface area (Å²) in [7, 11) is 0. The normalized spacial score (nSPS) is 10.5. The first-order valence-electron chi connectivity index (χ1n) is 7.65. The first-order chi connectivity index (χ1) is 11.2. The van der Waals surface area contributed by atoms with Crippen LogP contribution in [-0.2, 0) is 6.42 Å². The quantitative estimate of drug-likeness (QED) is 0.707. The van der Waals surface area contributed by atoms with E-state index in [1.807, 2.05) is 18.2 Å². The maximum atomic E-state index is 11.9. The van der Waals surface area contributed by atoms with Crippen molar-refractivity contribution in [3.63, 3.8) is 0 Å². The van der Waals surface area contributed by atoms with Gasteiger partial charge in [-0.2, -0.15) is 0 Å². The molecule has 0 heterocycles. The first-order valence-corrected chi connectivity index (χ1v) is 8.40. The van der Waals surface area contributed by atoms with Crippen molar-refractivity contribution in [1.29, 1.82) is 0 Å². The van der Waals surface area contributed by atoms with Crippen LogP contribution in [0.2, 0.25) is 10.0 Å². The van der Waals surface area contributed by atoms with E-state index in [2.05, 4.69) is 22.8 Å². The number of carbonyl (C=O) groups is 1. The molecule has 0 aliphatic rings. The molecule has 2 rings (SSSR count). The highest BCUT2D eigenvalue weighted by atomic mass is 35.5. The summed E-state index contributed by atoms with van der Waals surface area (Å²) in [6, 6.07) is 15.2. The van der Waals surface area contributed by atoms with Crippen LogP contribution in [0.5, 0.6) is 0 Å². The lowest BCUT2D eigenvalue weighted by molar-refractivity contribution is 0.0953. The molecular formula is C18H20Cl2N2O. The van der Waals surface area contributed by atoms with Gasteiger partial charge in [0.25, 0.3) is 5.91 Å². The Morgan fingerprint density at radius 1 is 0.913 bits per heavy atom. The zero-order valence-corrected chi connectivity index (χ0v) is 14.3. The van der Waals surface area contributed by atoms with Crippen LogP contribution in [-0.4, -0.2) is 25.5 Å². The topological polar surface area (TPSA) is 41.1 Å². The number of rotatable bonds is 8. The average molecular weight is 351 g/mol. The Morgan fingerprint density at radius 2 is 1.70 bits per heavy atom. The van der Waals surface area contributed by atoms with Gasteiger partial charge in [0.1, 0.15) is 0 Å². The van der Waals surface area contributed by atoms with Crippen LogP contribution in [0, 0.1) is 0 Å². The highest BCUT2D eigenvalue weighted by molar-refractivity contribution is 6.42. The summed E-state index contributed by atoms with van der Waals surface area (Å²) in [5, 5.41) is 7.09. The van der Waals surface area contributed by atoms with Gasteiger partial charge in [-0.3, -0.25) is 4.79 Å². The monoisotopic (exact) mass is 350 g/mol. The third-order valence-corrected chi connectivity index (χ3v) is 4.17. The molecule has 2 aromatic carbocycles. The second-order valence-corrected chi connectivity index (χ2v) is 6.04. The van der Waals surface area contributed by atoms with Crippen molar-refractivity contribution in [2.45, 2.75) is 12.8 Å². The fraction of sp³-hybridized carbons (Fsp3) is 0.278. The smallest absolute Gasteiger partial charge is 0.251 e. The molecule has 23 heavy (non-hydrogen) atoms. The Morgan fingerprint density at radius 3 is 2.43 bits per heavy atom. The Bertz CT molecular complexity index is 632. The molecule has 3 nitrogen and oxygen atoms in total. The molecule has 0 radical (unpaired) electrons. The van der Waals surface area contributed by atoms with Gasteiger partial charge >= 0.3 is 0 Å². The summed E-state index contributed by atoms with van der Waals surface area (Å²) in [6.45, 7) is 2.43. The van der Waals surface area contributed by atoms with Gasteiger partial charge in [0, 0.05) is 12.1 Å². The van der Waals surface area contributed by atoms with Crippen molar-refractivity contribution in [1.82, 2.24) is 10.6 Å². The van der Waals surface area contributed by atoms with E-state index in [1.165, 1.54) is 5.56 Å². The predicted octanol–water partition coefficient (Wildman–Crippen LogP) is 3.95. The van der Waals surface area contributed by atoms with Gasteiger partial charge in [0.15, 0.2) is 0 Å². The first kappa shape index (κ1) is 17.8. The zero-order chi connectivity index (χ0) is 16.5. The summed E-state index contributed by atoms with van der Waals surface area (Å²) >= 11 is 11.7. The second-order valence-electron chi connectivity index (χ2n) is 5.22. The Labute approximate surface area is 147 Å². The molecule has 0 spiro atoms. The van der Waals surface area contributed by atoms with E-state index in [1.54, 1.807) is 18.2 Å². The summed E-state index contributed by atoms with van der Waals surface area (Å²) in [4.78, 5) is 11.9. The van der Waals surface area contributed by atoms with Gasteiger partial charge in [0.05, 0.1) is 10.0 Å². The average Bonchev–Trinajstić information content (AvgIpc) is 2.57. The molecule has 2 aromatic rings. The highest BCUT2D eigenvalue weighted by Gasteiger charge is 2.07. The number of halogens is 2. The molecule has 0 bridgehead atoms. The second kappa shape index (κ2) is 9.56. The molecule has 0 aromatic heterocycles. The van der Waals surface area contributed by atoms with E-state index < -0.39 is 0 Å². The van der Waals surface area contributed by atoms with Crippen LogP contribution in [0.15, 0.2) is 48.5 Å². The number of amides is 1. The summed E-state index contributed by atoms with van der Waals surface area (Å²) in [6.07, 6.45) is 1.89. The van der Waals surface area contributed by atoms with Gasteiger partial charge in [0.2, 0.25) is 0 Å². The van der Waals surface area contributed by atoms with Crippen molar-refractivity contribution in [3.8, 4) is 0 Å². The van der Waals surface area contributed by atoms with Crippen molar-refractivity contribution in [2.24, 2.45) is 0 Å². The van der Waals surface area contributed by atoms with Crippen LogP contribution in [0.1, 0.15) is 22.3 Å².